The molecule has 5 nitrogen and oxygen atoms in total. The van der Waals surface area contributed by atoms with Gasteiger partial charge in [-0.1, -0.05) is 52.1 Å². The number of hydrogen-bond acceptors (Lipinski definition) is 4. The van der Waals surface area contributed by atoms with Crippen molar-refractivity contribution < 1.29 is 9.21 Å². The van der Waals surface area contributed by atoms with Gasteiger partial charge in [0.1, 0.15) is 0 Å². The maximum Gasteiger partial charge on any atom is 0.322 e. The first kappa shape index (κ1) is 17.5. The van der Waals surface area contributed by atoms with Gasteiger partial charge in [-0.2, -0.15) is 0 Å². The summed E-state index contributed by atoms with van der Waals surface area (Å²) < 4.78 is 5.47. The summed E-state index contributed by atoms with van der Waals surface area (Å²) in [5, 5.41) is 11.2. The van der Waals surface area contributed by atoms with Crippen LogP contribution in [0.1, 0.15) is 16.7 Å². The van der Waals surface area contributed by atoms with E-state index in [0.717, 1.165) is 16.7 Å². The third kappa shape index (κ3) is 4.18. The topological polar surface area (TPSA) is 68.0 Å². The molecule has 1 heterocycles. The standard InChI is InChI=1S/C18H15Cl2N3O2/c1-10-3-4-12(11(2)7-10)8-16(24)21-18-23-22-17(25-18)14-6-5-13(19)9-15(14)20/h3-7,9H,8H2,1-2H3,(H,21,23,24). The van der Waals surface area contributed by atoms with E-state index in [-0.39, 0.29) is 24.2 Å². The van der Waals surface area contributed by atoms with Crippen LogP contribution >= 0.6 is 23.2 Å². The van der Waals surface area contributed by atoms with Gasteiger partial charge >= 0.3 is 6.01 Å². The van der Waals surface area contributed by atoms with E-state index in [9.17, 15) is 4.79 Å². The Hall–Kier alpha value is -2.37. The van der Waals surface area contributed by atoms with Crippen molar-refractivity contribution in [1.82, 2.24) is 10.2 Å². The molecule has 25 heavy (non-hydrogen) atoms. The van der Waals surface area contributed by atoms with Crippen LogP contribution in [0.4, 0.5) is 6.01 Å². The molecule has 3 rings (SSSR count). The van der Waals surface area contributed by atoms with Gasteiger partial charge in [-0.05, 0) is 43.2 Å². The highest BCUT2D eigenvalue weighted by atomic mass is 35.5. The number of nitrogens with zero attached hydrogens (tertiary/aromatic N) is 2. The maximum atomic E-state index is 12.2. The molecule has 0 radical (unpaired) electrons. The van der Waals surface area contributed by atoms with Gasteiger partial charge in [-0.15, -0.1) is 5.10 Å². The number of benzene rings is 2. The van der Waals surface area contributed by atoms with Gasteiger partial charge in [-0.25, -0.2) is 0 Å². The monoisotopic (exact) mass is 375 g/mol. The maximum absolute atomic E-state index is 12.2. The number of anilines is 1. The molecule has 128 valence electrons. The largest absolute Gasteiger partial charge is 0.403 e. The fraction of sp³-hybridized carbons (Fsp3) is 0.167. The third-order valence-corrected chi connectivity index (χ3v) is 4.23. The van der Waals surface area contributed by atoms with Crippen LogP contribution in [0.3, 0.4) is 0 Å². The minimum absolute atomic E-state index is 0.0239. The second-order valence-electron chi connectivity index (χ2n) is 5.69. The first-order chi connectivity index (χ1) is 11.9. The van der Waals surface area contributed by atoms with Gasteiger partial charge in [0.2, 0.25) is 5.91 Å². The fourth-order valence-corrected chi connectivity index (χ4v) is 2.92. The lowest BCUT2D eigenvalue weighted by Crippen LogP contribution is -2.15. The van der Waals surface area contributed by atoms with Crippen molar-refractivity contribution in [3.05, 3.63) is 63.1 Å². The van der Waals surface area contributed by atoms with E-state index in [1.165, 1.54) is 0 Å². The van der Waals surface area contributed by atoms with Crippen LogP contribution in [0.2, 0.25) is 10.0 Å². The average Bonchev–Trinajstić information content (AvgIpc) is 2.98. The Bertz CT molecular complexity index is 938. The van der Waals surface area contributed by atoms with E-state index < -0.39 is 0 Å². The van der Waals surface area contributed by atoms with Crippen LogP contribution in [0.5, 0.6) is 0 Å². The quantitative estimate of drug-likeness (QED) is 0.707. The molecule has 2 aromatic carbocycles. The molecule has 1 N–H and O–H groups in total. The van der Waals surface area contributed by atoms with Crippen LogP contribution in [-0.2, 0) is 11.2 Å². The molecule has 1 aromatic heterocycles. The van der Waals surface area contributed by atoms with Crippen molar-refractivity contribution in [2.45, 2.75) is 20.3 Å². The van der Waals surface area contributed by atoms with E-state index in [2.05, 4.69) is 15.5 Å². The summed E-state index contributed by atoms with van der Waals surface area (Å²) in [6, 6.07) is 10.9. The summed E-state index contributed by atoms with van der Waals surface area (Å²) in [6.45, 7) is 3.99. The van der Waals surface area contributed by atoms with E-state index >= 15 is 0 Å². The molecule has 0 aliphatic rings. The van der Waals surface area contributed by atoms with Crippen LogP contribution in [0.15, 0.2) is 40.8 Å². The van der Waals surface area contributed by atoms with E-state index in [4.69, 9.17) is 27.6 Å². The summed E-state index contributed by atoms with van der Waals surface area (Å²) >= 11 is 12.0. The molecule has 0 aliphatic heterocycles. The van der Waals surface area contributed by atoms with Crippen LogP contribution in [-0.4, -0.2) is 16.1 Å². The number of hydrogen-bond donors (Lipinski definition) is 1. The minimum Gasteiger partial charge on any atom is -0.403 e. The predicted octanol–water partition coefficient (Wildman–Crippen LogP) is 4.84. The van der Waals surface area contributed by atoms with Crippen molar-refractivity contribution in [2.75, 3.05) is 5.32 Å². The number of amides is 1. The molecular weight excluding hydrogens is 361 g/mol. The molecule has 0 saturated heterocycles. The first-order valence-corrected chi connectivity index (χ1v) is 8.33. The van der Waals surface area contributed by atoms with Crippen LogP contribution in [0.25, 0.3) is 11.5 Å². The zero-order chi connectivity index (χ0) is 18.0. The number of carbonyl (C=O) groups is 1. The van der Waals surface area contributed by atoms with Gasteiger partial charge < -0.3 is 4.42 Å². The molecule has 0 fully saturated rings. The number of nitrogens with one attached hydrogen (secondary N) is 1. The number of carbonyl (C=O) groups excluding carboxylic acids is 1. The zero-order valence-corrected chi connectivity index (χ0v) is 15.1. The number of aromatic nitrogens is 2. The fourth-order valence-electron chi connectivity index (χ4n) is 2.43. The molecule has 0 saturated carbocycles. The highest BCUT2D eigenvalue weighted by molar-refractivity contribution is 6.36. The van der Waals surface area contributed by atoms with Crippen molar-refractivity contribution in [2.24, 2.45) is 0 Å². The molecule has 0 unspecified atom stereocenters. The summed E-state index contributed by atoms with van der Waals surface area (Å²) in [5.41, 5.74) is 3.72. The Morgan fingerprint density at radius 3 is 2.64 bits per heavy atom. The molecule has 7 heteroatoms. The Kier molecular flexibility index (Phi) is 5.06. The summed E-state index contributed by atoms with van der Waals surface area (Å²) in [4.78, 5) is 12.2. The molecular formula is C18H15Cl2N3O2. The Labute approximate surface area is 155 Å². The molecule has 0 aliphatic carbocycles. The lowest BCUT2D eigenvalue weighted by Gasteiger charge is -2.06. The van der Waals surface area contributed by atoms with E-state index in [1.807, 2.05) is 32.0 Å². The summed E-state index contributed by atoms with van der Waals surface area (Å²) in [5.74, 6) is -0.0205. The van der Waals surface area contributed by atoms with Crippen molar-refractivity contribution in [3.8, 4) is 11.5 Å². The Morgan fingerprint density at radius 2 is 1.92 bits per heavy atom. The minimum atomic E-state index is -0.232. The Morgan fingerprint density at radius 1 is 1.12 bits per heavy atom. The molecule has 1 amide bonds. The lowest BCUT2D eigenvalue weighted by atomic mass is 10.0. The number of aryl methyl sites for hydroxylation is 2. The summed E-state index contributed by atoms with van der Waals surface area (Å²) in [6.07, 6.45) is 0.228. The van der Waals surface area contributed by atoms with E-state index in [1.54, 1.807) is 18.2 Å². The lowest BCUT2D eigenvalue weighted by molar-refractivity contribution is -0.115. The predicted molar refractivity (Wildman–Crippen MR) is 98.0 cm³/mol. The van der Waals surface area contributed by atoms with Gasteiger partial charge in [0.15, 0.2) is 0 Å². The van der Waals surface area contributed by atoms with Gasteiger partial charge in [0.05, 0.1) is 17.0 Å². The second-order valence-corrected chi connectivity index (χ2v) is 6.54. The smallest absolute Gasteiger partial charge is 0.322 e. The third-order valence-electron chi connectivity index (χ3n) is 3.68. The number of halogens is 2. The van der Waals surface area contributed by atoms with Gasteiger partial charge in [0, 0.05) is 5.02 Å². The second kappa shape index (κ2) is 7.25. The number of rotatable bonds is 4. The average molecular weight is 376 g/mol. The van der Waals surface area contributed by atoms with Crippen molar-refractivity contribution in [3.63, 3.8) is 0 Å². The Balaban J connectivity index is 1.71. The molecule has 0 spiro atoms. The summed E-state index contributed by atoms with van der Waals surface area (Å²) in [7, 11) is 0. The van der Waals surface area contributed by atoms with Crippen molar-refractivity contribution in [1.29, 1.82) is 0 Å². The molecule has 0 atom stereocenters. The van der Waals surface area contributed by atoms with Crippen molar-refractivity contribution >= 4 is 35.1 Å². The van der Waals surface area contributed by atoms with Gasteiger partial charge in [-0.3, -0.25) is 10.1 Å². The normalized spacial score (nSPS) is 10.7. The van der Waals surface area contributed by atoms with Gasteiger partial charge in [0.25, 0.3) is 5.89 Å². The first-order valence-electron chi connectivity index (χ1n) is 7.57. The SMILES string of the molecule is Cc1ccc(CC(=O)Nc2nnc(-c3ccc(Cl)cc3Cl)o2)c(C)c1. The molecule has 3 aromatic rings. The van der Waals surface area contributed by atoms with E-state index in [0.29, 0.717) is 15.6 Å². The highest BCUT2D eigenvalue weighted by Gasteiger charge is 2.15. The highest BCUT2D eigenvalue weighted by Crippen LogP contribution is 2.30. The van der Waals surface area contributed by atoms with Crippen LogP contribution in [0, 0.1) is 13.8 Å². The zero-order valence-electron chi connectivity index (χ0n) is 13.6. The van der Waals surface area contributed by atoms with Crippen LogP contribution < -0.4 is 5.32 Å². The molecule has 0 bridgehead atoms.